The topological polar surface area (TPSA) is 94.6 Å². The van der Waals surface area contributed by atoms with Gasteiger partial charge < -0.3 is 23.8 Å². The molecule has 0 saturated carbocycles. The Kier molecular flexibility index (Phi) is 36.9. The van der Waals surface area contributed by atoms with Crippen molar-refractivity contribution in [2.24, 2.45) is 0 Å². The highest BCUT2D eigenvalue weighted by Crippen LogP contribution is 2.24. The summed E-state index contributed by atoms with van der Waals surface area (Å²) in [5.74, 6) is -0.403. The van der Waals surface area contributed by atoms with Crippen LogP contribution in [0.1, 0.15) is 226 Å². The Morgan fingerprint density at radius 1 is 0.552 bits per heavy atom. The van der Waals surface area contributed by atoms with Crippen molar-refractivity contribution in [3.05, 3.63) is 0 Å². The lowest BCUT2D eigenvalue weighted by Crippen LogP contribution is -2.38. The van der Waals surface area contributed by atoms with E-state index in [-0.39, 0.29) is 36.2 Å². The van der Waals surface area contributed by atoms with Gasteiger partial charge in [-0.05, 0) is 91.4 Å². The number of hydrogen-bond donors (Lipinski definition) is 0. The highest BCUT2D eigenvalue weighted by molar-refractivity contribution is 5.76. The third-order valence-electron chi connectivity index (χ3n) is 11.7. The van der Waals surface area contributed by atoms with Crippen molar-refractivity contribution in [3.63, 3.8) is 0 Å². The number of unbranched alkanes of at least 4 members (excludes halogenated alkanes) is 21. The summed E-state index contributed by atoms with van der Waals surface area (Å²) in [6.07, 6.45) is 34.5. The first-order valence-electron chi connectivity index (χ1n) is 24.8. The molecule has 0 aromatic rings. The van der Waals surface area contributed by atoms with E-state index >= 15 is 0 Å². The number of esters is 3. The molecule has 9 heteroatoms. The summed E-state index contributed by atoms with van der Waals surface area (Å²) in [7, 11) is 4.13. The lowest BCUT2D eigenvalue weighted by Gasteiger charge is -2.22. The lowest BCUT2D eigenvalue weighted by molar-refractivity contribution is -0.150. The van der Waals surface area contributed by atoms with Crippen LogP contribution in [-0.4, -0.2) is 99.5 Å². The smallest absolute Gasteiger partial charge is 0.323 e. The third kappa shape index (κ3) is 32.1. The van der Waals surface area contributed by atoms with Crippen molar-refractivity contribution in [1.82, 2.24) is 9.80 Å². The minimum absolute atomic E-state index is 0.00569. The Morgan fingerprint density at radius 3 is 1.62 bits per heavy atom. The molecule has 0 amide bonds. The molecule has 0 N–H and O–H groups in total. The second-order valence-electron chi connectivity index (χ2n) is 17.6. The van der Waals surface area contributed by atoms with Crippen LogP contribution >= 0.6 is 0 Å². The summed E-state index contributed by atoms with van der Waals surface area (Å²) >= 11 is 0. The van der Waals surface area contributed by atoms with Crippen LogP contribution in [0.25, 0.3) is 0 Å². The van der Waals surface area contributed by atoms with Gasteiger partial charge in [-0.2, -0.15) is 0 Å². The van der Waals surface area contributed by atoms with Gasteiger partial charge in [0.15, 0.2) is 0 Å². The van der Waals surface area contributed by atoms with Gasteiger partial charge >= 0.3 is 17.9 Å². The molecule has 0 bridgehead atoms. The Morgan fingerprint density at radius 2 is 1.03 bits per heavy atom. The predicted octanol–water partition coefficient (Wildman–Crippen LogP) is 12.2. The van der Waals surface area contributed by atoms with Crippen molar-refractivity contribution < 1.29 is 33.3 Å². The maximum absolute atomic E-state index is 13.4. The fourth-order valence-corrected chi connectivity index (χ4v) is 7.99. The SMILES string of the molecule is CCCCCCCCCCCOC(=O)CCCCCN1C[C@H](OCCCN(C)C)C[C@H]1C(=O)OCCCCC(=O)OC(CCCCCCCC)CCCCCCCC. The van der Waals surface area contributed by atoms with E-state index in [1.54, 1.807) is 0 Å². The first-order chi connectivity index (χ1) is 28.3. The van der Waals surface area contributed by atoms with Crippen LogP contribution in [0.5, 0.6) is 0 Å². The molecule has 0 radical (unpaired) electrons. The minimum atomic E-state index is -0.324. The van der Waals surface area contributed by atoms with Crippen molar-refractivity contribution in [3.8, 4) is 0 Å². The fraction of sp³-hybridized carbons (Fsp3) is 0.939. The quantitative estimate of drug-likeness (QED) is 0.0339. The molecule has 58 heavy (non-hydrogen) atoms. The monoisotopic (exact) mass is 823 g/mol. The molecular formula is C49H94N2O7. The van der Waals surface area contributed by atoms with E-state index in [4.69, 9.17) is 18.9 Å². The van der Waals surface area contributed by atoms with Crippen LogP contribution in [0, 0.1) is 0 Å². The number of likely N-dealkylation sites (tertiary alicyclic amines) is 1. The highest BCUT2D eigenvalue weighted by atomic mass is 16.5. The Bertz CT molecular complexity index is 947. The van der Waals surface area contributed by atoms with E-state index in [1.165, 1.54) is 109 Å². The van der Waals surface area contributed by atoms with Crippen LogP contribution in [0.3, 0.4) is 0 Å². The number of rotatable bonds is 42. The summed E-state index contributed by atoms with van der Waals surface area (Å²) < 4.78 is 23.5. The molecule has 342 valence electrons. The van der Waals surface area contributed by atoms with E-state index < -0.39 is 0 Å². The number of carbonyl (C=O) groups excluding carboxylic acids is 3. The molecule has 0 unspecified atom stereocenters. The molecule has 1 rings (SSSR count). The van der Waals surface area contributed by atoms with Crippen molar-refractivity contribution >= 4 is 17.9 Å². The summed E-state index contributed by atoms with van der Waals surface area (Å²) in [5.41, 5.74) is 0. The number of nitrogens with zero attached hydrogens (tertiary/aromatic N) is 2. The Hall–Kier alpha value is -1.71. The molecule has 1 aliphatic heterocycles. The summed E-state index contributed by atoms with van der Waals surface area (Å²) in [6.45, 7) is 10.7. The predicted molar refractivity (Wildman–Crippen MR) is 240 cm³/mol. The molecule has 1 fully saturated rings. The fourth-order valence-electron chi connectivity index (χ4n) is 7.99. The maximum Gasteiger partial charge on any atom is 0.323 e. The summed E-state index contributed by atoms with van der Waals surface area (Å²) in [6, 6.07) is -0.324. The van der Waals surface area contributed by atoms with Crippen molar-refractivity contribution in [1.29, 1.82) is 0 Å². The molecule has 9 nitrogen and oxygen atoms in total. The summed E-state index contributed by atoms with van der Waals surface area (Å²) in [5, 5.41) is 0. The average Bonchev–Trinajstić information content (AvgIpc) is 3.62. The number of ether oxygens (including phenoxy) is 4. The molecule has 0 spiro atoms. The largest absolute Gasteiger partial charge is 0.466 e. The molecule has 1 heterocycles. The molecule has 2 atom stereocenters. The standard InChI is InChI=1S/C49H94N2O7/c1-6-9-12-15-18-19-20-23-30-39-56-47(52)35-27-24-29-38-51-43-45(55-41-32-37-50(4)5)42-46(51)49(54)57-40-31-28-36-48(53)58-44(33-25-21-16-13-10-7-2)34-26-22-17-14-11-8-3/h44-46H,6-43H2,1-5H3/t45-,46+/m1/s1. The molecule has 0 aromatic carbocycles. The van der Waals surface area contributed by atoms with Gasteiger partial charge in [0.05, 0.1) is 19.3 Å². The van der Waals surface area contributed by atoms with Crippen LogP contribution in [-0.2, 0) is 33.3 Å². The van der Waals surface area contributed by atoms with E-state index in [0.717, 1.165) is 77.3 Å². The van der Waals surface area contributed by atoms with Gasteiger partial charge in [0.2, 0.25) is 0 Å². The van der Waals surface area contributed by atoms with E-state index in [0.29, 0.717) is 58.5 Å². The zero-order valence-corrected chi connectivity index (χ0v) is 38.9. The Labute approximate surface area is 358 Å². The van der Waals surface area contributed by atoms with Gasteiger partial charge in [-0.3, -0.25) is 19.3 Å². The van der Waals surface area contributed by atoms with Crippen molar-refractivity contribution in [2.45, 2.75) is 244 Å². The minimum Gasteiger partial charge on any atom is -0.466 e. The zero-order valence-electron chi connectivity index (χ0n) is 38.9. The number of carbonyl (C=O) groups is 3. The maximum atomic E-state index is 13.4. The van der Waals surface area contributed by atoms with Crippen LogP contribution in [0.4, 0.5) is 0 Å². The van der Waals surface area contributed by atoms with E-state index in [1.807, 2.05) is 0 Å². The third-order valence-corrected chi connectivity index (χ3v) is 11.7. The van der Waals surface area contributed by atoms with Crippen LogP contribution < -0.4 is 0 Å². The molecule has 0 aliphatic carbocycles. The van der Waals surface area contributed by atoms with Crippen LogP contribution in [0.15, 0.2) is 0 Å². The molecule has 1 saturated heterocycles. The Balaban J connectivity index is 2.42. The highest BCUT2D eigenvalue weighted by Gasteiger charge is 2.38. The lowest BCUT2D eigenvalue weighted by atomic mass is 10.0. The molecule has 0 aromatic heterocycles. The second kappa shape index (κ2) is 39.4. The summed E-state index contributed by atoms with van der Waals surface area (Å²) in [4.78, 5) is 42.9. The van der Waals surface area contributed by atoms with Crippen LogP contribution in [0.2, 0.25) is 0 Å². The molecule has 1 aliphatic rings. The van der Waals surface area contributed by atoms with E-state index in [9.17, 15) is 14.4 Å². The average molecular weight is 823 g/mol. The van der Waals surface area contributed by atoms with Gasteiger partial charge in [0.25, 0.3) is 0 Å². The van der Waals surface area contributed by atoms with Gasteiger partial charge in [-0.1, -0.05) is 143 Å². The normalized spacial score (nSPS) is 15.8. The second-order valence-corrected chi connectivity index (χ2v) is 17.6. The zero-order chi connectivity index (χ0) is 42.3. The van der Waals surface area contributed by atoms with Gasteiger partial charge in [0, 0.05) is 32.4 Å². The van der Waals surface area contributed by atoms with Crippen molar-refractivity contribution in [2.75, 3.05) is 53.6 Å². The first kappa shape index (κ1) is 54.3. The first-order valence-corrected chi connectivity index (χ1v) is 24.8. The number of hydrogen-bond acceptors (Lipinski definition) is 9. The van der Waals surface area contributed by atoms with Gasteiger partial charge in [-0.25, -0.2) is 0 Å². The van der Waals surface area contributed by atoms with E-state index in [2.05, 4.69) is 44.7 Å². The van der Waals surface area contributed by atoms with Gasteiger partial charge in [-0.15, -0.1) is 0 Å². The van der Waals surface area contributed by atoms with Gasteiger partial charge in [0.1, 0.15) is 12.1 Å². The molecular weight excluding hydrogens is 729 g/mol.